The van der Waals surface area contributed by atoms with E-state index in [4.69, 9.17) is 0 Å². The zero-order valence-electron chi connectivity index (χ0n) is 14.8. The van der Waals surface area contributed by atoms with Crippen LogP contribution in [0.3, 0.4) is 0 Å². The first-order chi connectivity index (χ1) is 11.5. The summed E-state index contributed by atoms with van der Waals surface area (Å²) in [6.45, 7) is 3.71. The summed E-state index contributed by atoms with van der Waals surface area (Å²) < 4.78 is 0. The predicted molar refractivity (Wildman–Crippen MR) is 94.9 cm³/mol. The highest BCUT2D eigenvalue weighted by Gasteiger charge is 2.51. The molecule has 130 valence electrons. The molecule has 1 heterocycles. The average molecular weight is 329 g/mol. The van der Waals surface area contributed by atoms with Crippen molar-refractivity contribution >= 4 is 17.5 Å². The van der Waals surface area contributed by atoms with E-state index < -0.39 is 0 Å². The Morgan fingerprint density at radius 1 is 1.25 bits per heavy atom. The van der Waals surface area contributed by atoms with E-state index in [1.54, 1.807) is 0 Å². The van der Waals surface area contributed by atoms with E-state index in [-0.39, 0.29) is 29.7 Å². The van der Waals surface area contributed by atoms with Gasteiger partial charge in [0.1, 0.15) is 0 Å². The monoisotopic (exact) mass is 329 g/mol. The zero-order chi connectivity index (χ0) is 17.3. The van der Waals surface area contributed by atoms with Crippen LogP contribution >= 0.6 is 0 Å². The Balaban J connectivity index is 1.54. The number of para-hydroxylation sites is 1. The van der Waals surface area contributed by atoms with Crippen LogP contribution in [0.4, 0.5) is 5.69 Å². The van der Waals surface area contributed by atoms with Crippen LogP contribution in [-0.2, 0) is 16.0 Å². The summed E-state index contributed by atoms with van der Waals surface area (Å²) in [7, 11) is 4.04. The van der Waals surface area contributed by atoms with E-state index in [2.05, 4.69) is 23.2 Å². The number of amides is 2. The van der Waals surface area contributed by atoms with Gasteiger partial charge in [-0.1, -0.05) is 18.2 Å². The first-order valence-corrected chi connectivity index (χ1v) is 8.82. The number of carbonyl (C=O) groups excluding carboxylic acids is 2. The van der Waals surface area contributed by atoms with Crippen molar-refractivity contribution < 1.29 is 9.59 Å². The molecule has 5 heteroatoms. The van der Waals surface area contributed by atoms with Crippen LogP contribution in [0.5, 0.6) is 0 Å². The number of benzene rings is 1. The summed E-state index contributed by atoms with van der Waals surface area (Å²) in [6, 6.07) is 8.26. The Kier molecular flexibility index (Phi) is 4.90. The Morgan fingerprint density at radius 3 is 2.75 bits per heavy atom. The number of rotatable bonds is 6. The van der Waals surface area contributed by atoms with Gasteiger partial charge in [-0.05, 0) is 58.5 Å². The van der Waals surface area contributed by atoms with Crippen molar-refractivity contribution in [1.29, 1.82) is 0 Å². The molecule has 2 amide bonds. The maximum Gasteiger partial charge on any atom is 0.231 e. The van der Waals surface area contributed by atoms with Gasteiger partial charge in [-0.25, -0.2) is 0 Å². The predicted octanol–water partition coefficient (Wildman–Crippen LogP) is 1.67. The van der Waals surface area contributed by atoms with E-state index in [0.717, 1.165) is 25.1 Å². The highest BCUT2D eigenvalue weighted by molar-refractivity contribution is 6.02. The van der Waals surface area contributed by atoms with Crippen LogP contribution in [0.2, 0.25) is 0 Å². The molecular formula is C19H27N3O2. The zero-order valence-corrected chi connectivity index (χ0v) is 14.8. The van der Waals surface area contributed by atoms with Crippen molar-refractivity contribution in [2.75, 3.05) is 32.1 Å². The Labute approximate surface area is 144 Å². The normalized spacial score (nSPS) is 24.8. The molecule has 1 aliphatic carbocycles. The minimum atomic E-state index is -0.146. The van der Waals surface area contributed by atoms with Gasteiger partial charge in [0.15, 0.2) is 0 Å². The fourth-order valence-electron chi connectivity index (χ4n) is 3.58. The summed E-state index contributed by atoms with van der Waals surface area (Å²) in [5, 5.41) is 2.97. The molecule has 3 unspecified atom stereocenters. The van der Waals surface area contributed by atoms with E-state index in [1.807, 2.05) is 37.2 Å². The third kappa shape index (κ3) is 3.46. The second kappa shape index (κ2) is 6.93. The summed E-state index contributed by atoms with van der Waals surface area (Å²) in [5.41, 5.74) is 2.25. The van der Waals surface area contributed by atoms with Crippen molar-refractivity contribution in [2.45, 2.75) is 32.2 Å². The molecule has 1 aromatic carbocycles. The second-order valence-corrected chi connectivity index (χ2v) is 7.29. The first-order valence-electron chi connectivity index (χ1n) is 8.82. The molecule has 5 nitrogen and oxygen atoms in total. The van der Waals surface area contributed by atoms with Crippen LogP contribution in [0, 0.1) is 11.8 Å². The van der Waals surface area contributed by atoms with Gasteiger partial charge in [0.25, 0.3) is 0 Å². The van der Waals surface area contributed by atoms with Crippen LogP contribution in [0.1, 0.15) is 25.3 Å². The molecule has 0 radical (unpaired) electrons. The fraction of sp³-hybridized carbons (Fsp3) is 0.579. The van der Waals surface area contributed by atoms with E-state index in [1.165, 1.54) is 5.56 Å². The third-order valence-corrected chi connectivity index (χ3v) is 4.97. The fourth-order valence-corrected chi connectivity index (χ4v) is 3.58. The van der Waals surface area contributed by atoms with Gasteiger partial charge in [0, 0.05) is 18.3 Å². The molecule has 3 rings (SSSR count). The average Bonchev–Trinajstić information content (AvgIpc) is 3.27. The molecule has 3 atom stereocenters. The summed E-state index contributed by atoms with van der Waals surface area (Å²) >= 11 is 0. The number of nitrogens with zero attached hydrogens (tertiary/aromatic N) is 2. The lowest BCUT2D eigenvalue weighted by Gasteiger charge is -2.23. The van der Waals surface area contributed by atoms with E-state index >= 15 is 0 Å². The van der Waals surface area contributed by atoms with Crippen molar-refractivity contribution in [1.82, 2.24) is 10.2 Å². The molecule has 1 aliphatic heterocycles. The second-order valence-electron chi connectivity index (χ2n) is 7.29. The maximum atomic E-state index is 12.9. The van der Waals surface area contributed by atoms with E-state index in [0.29, 0.717) is 13.0 Å². The van der Waals surface area contributed by atoms with E-state index in [9.17, 15) is 9.59 Å². The molecule has 0 aromatic heterocycles. The van der Waals surface area contributed by atoms with Gasteiger partial charge in [-0.2, -0.15) is 0 Å². The SMILES string of the molecule is CC1Cc2ccccc2N1C(=O)C1CC1C(=O)NCCCN(C)C. The number of hydrogen-bond acceptors (Lipinski definition) is 3. The highest BCUT2D eigenvalue weighted by atomic mass is 16.2. The first kappa shape index (κ1) is 17.0. The number of anilines is 1. The summed E-state index contributed by atoms with van der Waals surface area (Å²) in [6.07, 6.45) is 2.51. The summed E-state index contributed by atoms with van der Waals surface area (Å²) in [5.74, 6) is -0.141. The Bertz CT molecular complexity index is 629. The Morgan fingerprint density at radius 2 is 2.00 bits per heavy atom. The van der Waals surface area contributed by atoms with Crippen LogP contribution in [-0.4, -0.2) is 49.9 Å². The molecule has 2 aliphatic rings. The minimum Gasteiger partial charge on any atom is -0.356 e. The number of hydrogen-bond donors (Lipinski definition) is 1. The number of nitrogens with one attached hydrogen (secondary N) is 1. The molecular weight excluding hydrogens is 302 g/mol. The standard InChI is InChI=1S/C19H27N3O2/c1-13-11-14-7-4-5-8-17(14)22(13)19(24)16-12-15(16)18(23)20-9-6-10-21(2)3/h4-5,7-8,13,15-16H,6,9-12H2,1-3H3,(H,20,23). The van der Waals surface area contributed by atoms with Crippen LogP contribution < -0.4 is 10.2 Å². The molecule has 1 N–H and O–H groups in total. The van der Waals surface area contributed by atoms with Gasteiger partial charge in [0.05, 0.1) is 11.8 Å². The molecule has 1 saturated carbocycles. The molecule has 0 bridgehead atoms. The maximum absolute atomic E-state index is 12.9. The third-order valence-electron chi connectivity index (χ3n) is 4.97. The molecule has 0 saturated heterocycles. The number of fused-ring (bicyclic) bond motifs is 1. The van der Waals surface area contributed by atoms with Gasteiger partial charge < -0.3 is 15.1 Å². The molecule has 24 heavy (non-hydrogen) atoms. The van der Waals surface area contributed by atoms with Crippen molar-refractivity contribution in [3.8, 4) is 0 Å². The Hall–Kier alpha value is -1.88. The van der Waals surface area contributed by atoms with Gasteiger partial charge >= 0.3 is 0 Å². The smallest absolute Gasteiger partial charge is 0.231 e. The van der Waals surface area contributed by atoms with Crippen molar-refractivity contribution in [2.24, 2.45) is 11.8 Å². The lowest BCUT2D eigenvalue weighted by Crippen LogP contribution is -2.38. The molecule has 1 fully saturated rings. The minimum absolute atomic E-state index is 0.0345. The molecule has 1 aromatic rings. The van der Waals surface area contributed by atoms with Gasteiger partial charge in [-0.3, -0.25) is 9.59 Å². The number of carbonyl (C=O) groups is 2. The van der Waals surface area contributed by atoms with Gasteiger partial charge in [-0.15, -0.1) is 0 Å². The molecule has 0 spiro atoms. The van der Waals surface area contributed by atoms with Crippen molar-refractivity contribution in [3.63, 3.8) is 0 Å². The van der Waals surface area contributed by atoms with Crippen LogP contribution in [0.15, 0.2) is 24.3 Å². The highest BCUT2D eigenvalue weighted by Crippen LogP contribution is 2.43. The lowest BCUT2D eigenvalue weighted by molar-refractivity contribution is -0.126. The summed E-state index contributed by atoms with van der Waals surface area (Å²) in [4.78, 5) is 29.1. The van der Waals surface area contributed by atoms with Gasteiger partial charge in [0.2, 0.25) is 11.8 Å². The quantitative estimate of drug-likeness (QED) is 0.808. The van der Waals surface area contributed by atoms with Crippen molar-refractivity contribution in [3.05, 3.63) is 29.8 Å². The topological polar surface area (TPSA) is 52.7 Å². The van der Waals surface area contributed by atoms with Crippen LogP contribution in [0.25, 0.3) is 0 Å². The largest absolute Gasteiger partial charge is 0.356 e. The lowest BCUT2D eigenvalue weighted by atomic mass is 10.1.